The zero-order valence-electron chi connectivity index (χ0n) is 15.1. The summed E-state index contributed by atoms with van der Waals surface area (Å²) in [6, 6.07) is 0. The summed E-state index contributed by atoms with van der Waals surface area (Å²) in [5.74, 6) is -0.994. The predicted octanol–water partition coefficient (Wildman–Crippen LogP) is -0.389. The van der Waals surface area contributed by atoms with Crippen molar-refractivity contribution in [2.75, 3.05) is 26.3 Å². The fourth-order valence-corrected chi connectivity index (χ4v) is 3.47. The smallest absolute Gasteiger partial charge is 0.261 e. The maximum Gasteiger partial charge on any atom is 0.261 e. The summed E-state index contributed by atoms with van der Waals surface area (Å²) in [6.07, 6.45) is 0.0930. The van der Waals surface area contributed by atoms with E-state index in [1.807, 2.05) is 9.80 Å². The fourth-order valence-electron chi connectivity index (χ4n) is 3.47. The second-order valence-corrected chi connectivity index (χ2v) is 7.76. The van der Waals surface area contributed by atoms with Gasteiger partial charge in [-0.3, -0.25) is 19.4 Å². The summed E-state index contributed by atoms with van der Waals surface area (Å²) in [4.78, 5) is 27.4. The van der Waals surface area contributed by atoms with Crippen LogP contribution in [0.1, 0.15) is 40.5 Å². The zero-order valence-corrected chi connectivity index (χ0v) is 15.1. The Kier molecular flexibility index (Phi) is 5.54. The zero-order chi connectivity index (χ0) is 18.1. The highest BCUT2D eigenvalue weighted by molar-refractivity contribution is 5.79. The van der Waals surface area contributed by atoms with Crippen molar-refractivity contribution in [3.05, 3.63) is 0 Å². The Morgan fingerprint density at radius 3 is 1.50 bits per heavy atom. The normalized spacial score (nSPS) is 30.8. The van der Waals surface area contributed by atoms with Crippen LogP contribution < -0.4 is 11.5 Å². The summed E-state index contributed by atoms with van der Waals surface area (Å²) >= 11 is 0. The van der Waals surface area contributed by atoms with Gasteiger partial charge in [-0.1, -0.05) is 0 Å². The van der Waals surface area contributed by atoms with Gasteiger partial charge in [-0.25, -0.2) is 0 Å². The second-order valence-electron chi connectivity index (χ2n) is 7.76. The standard InChI is InChI=1S/C16H30N4O4/c1-15(2)5-9-23-13(11(17)21)19(15)7-8-20-14(12(18)22)24-10-6-16(20,3)4/h13-14H,5-10H2,1-4H3,(H2,17,21)(H2,18,22). The van der Waals surface area contributed by atoms with Gasteiger partial charge in [0.1, 0.15) is 0 Å². The second kappa shape index (κ2) is 6.95. The van der Waals surface area contributed by atoms with Crippen LogP contribution in [0.3, 0.4) is 0 Å². The Balaban J connectivity index is 2.15. The molecule has 2 aliphatic rings. The molecule has 2 atom stereocenters. The number of amides is 2. The van der Waals surface area contributed by atoms with Crippen molar-refractivity contribution in [1.82, 2.24) is 9.80 Å². The first-order chi connectivity index (χ1) is 11.1. The quantitative estimate of drug-likeness (QED) is 0.704. The van der Waals surface area contributed by atoms with E-state index in [-0.39, 0.29) is 11.1 Å². The molecule has 8 heteroatoms. The van der Waals surface area contributed by atoms with Crippen LogP contribution in [0.15, 0.2) is 0 Å². The number of nitrogens with zero attached hydrogens (tertiary/aromatic N) is 2. The molecule has 2 saturated heterocycles. The minimum absolute atomic E-state index is 0.221. The van der Waals surface area contributed by atoms with E-state index in [0.717, 1.165) is 12.8 Å². The number of rotatable bonds is 5. The van der Waals surface area contributed by atoms with E-state index in [4.69, 9.17) is 20.9 Å². The first kappa shape index (κ1) is 19.1. The van der Waals surface area contributed by atoms with E-state index in [1.54, 1.807) is 0 Å². The number of carbonyl (C=O) groups is 2. The molecule has 2 heterocycles. The lowest BCUT2D eigenvalue weighted by atomic mass is 9.94. The van der Waals surface area contributed by atoms with Crippen LogP contribution in [0, 0.1) is 0 Å². The van der Waals surface area contributed by atoms with Gasteiger partial charge in [0.25, 0.3) is 11.8 Å². The molecular weight excluding hydrogens is 312 g/mol. The monoisotopic (exact) mass is 342 g/mol. The molecule has 0 aliphatic carbocycles. The molecular formula is C16H30N4O4. The average molecular weight is 342 g/mol. The van der Waals surface area contributed by atoms with Gasteiger partial charge in [0.2, 0.25) is 0 Å². The Morgan fingerprint density at radius 2 is 1.21 bits per heavy atom. The van der Waals surface area contributed by atoms with Crippen LogP contribution in [0.5, 0.6) is 0 Å². The molecule has 0 spiro atoms. The van der Waals surface area contributed by atoms with E-state index in [0.29, 0.717) is 26.3 Å². The molecule has 0 bridgehead atoms. The van der Waals surface area contributed by atoms with E-state index in [1.165, 1.54) is 0 Å². The van der Waals surface area contributed by atoms with Gasteiger partial charge < -0.3 is 20.9 Å². The Hall–Kier alpha value is -1.22. The van der Waals surface area contributed by atoms with Gasteiger partial charge in [-0.05, 0) is 40.5 Å². The molecule has 2 amide bonds. The Morgan fingerprint density at radius 1 is 0.875 bits per heavy atom. The number of primary amides is 2. The third-order valence-electron chi connectivity index (χ3n) is 5.17. The number of hydrogen-bond acceptors (Lipinski definition) is 6. The third kappa shape index (κ3) is 3.88. The van der Waals surface area contributed by atoms with Crippen LogP contribution in [0.2, 0.25) is 0 Å². The topological polar surface area (TPSA) is 111 Å². The highest BCUT2D eigenvalue weighted by Gasteiger charge is 2.43. The van der Waals surface area contributed by atoms with Crippen LogP contribution >= 0.6 is 0 Å². The van der Waals surface area contributed by atoms with Gasteiger partial charge in [-0.2, -0.15) is 0 Å². The SMILES string of the molecule is CC1(C)CCOC(C(N)=O)N1CCN1C(C(N)=O)OCCC1(C)C. The molecule has 2 rings (SSSR count). The van der Waals surface area contributed by atoms with Crippen molar-refractivity contribution in [2.24, 2.45) is 11.5 Å². The number of ether oxygens (including phenoxy) is 2. The van der Waals surface area contributed by atoms with Crippen molar-refractivity contribution < 1.29 is 19.1 Å². The number of hydrogen-bond donors (Lipinski definition) is 2. The molecule has 2 aliphatic heterocycles. The van der Waals surface area contributed by atoms with Crippen molar-refractivity contribution in [3.8, 4) is 0 Å². The van der Waals surface area contributed by atoms with Crippen molar-refractivity contribution in [1.29, 1.82) is 0 Å². The molecule has 0 radical (unpaired) electrons. The molecule has 4 N–H and O–H groups in total. The maximum absolute atomic E-state index is 11.7. The molecule has 0 saturated carbocycles. The summed E-state index contributed by atoms with van der Waals surface area (Å²) in [5.41, 5.74) is 10.6. The van der Waals surface area contributed by atoms with Crippen LogP contribution in [-0.2, 0) is 19.1 Å². The average Bonchev–Trinajstić information content (AvgIpc) is 2.45. The highest BCUT2D eigenvalue weighted by Crippen LogP contribution is 2.30. The summed E-state index contributed by atoms with van der Waals surface area (Å²) in [5, 5.41) is 0. The van der Waals surface area contributed by atoms with Crippen LogP contribution in [0.4, 0.5) is 0 Å². The first-order valence-electron chi connectivity index (χ1n) is 8.41. The lowest BCUT2D eigenvalue weighted by Crippen LogP contribution is -2.64. The lowest BCUT2D eigenvalue weighted by Gasteiger charge is -2.50. The third-order valence-corrected chi connectivity index (χ3v) is 5.17. The summed E-state index contributed by atoms with van der Waals surface area (Å²) in [6.45, 7) is 10.3. The van der Waals surface area contributed by atoms with E-state index >= 15 is 0 Å². The van der Waals surface area contributed by atoms with Crippen LogP contribution in [0.25, 0.3) is 0 Å². The lowest BCUT2D eigenvalue weighted by molar-refractivity contribution is -0.186. The van der Waals surface area contributed by atoms with Gasteiger partial charge in [0.05, 0.1) is 13.2 Å². The van der Waals surface area contributed by atoms with Gasteiger partial charge in [0.15, 0.2) is 12.5 Å². The van der Waals surface area contributed by atoms with Gasteiger partial charge >= 0.3 is 0 Å². The number of carbonyl (C=O) groups excluding carboxylic acids is 2. The highest BCUT2D eigenvalue weighted by atomic mass is 16.5. The van der Waals surface area contributed by atoms with Gasteiger partial charge in [-0.15, -0.1) is 0 Å². The van der Waals surface area contributed by atoms with Crippen molar-refractivity contribution in [2.45, 2.75) is 64.1 Å². The molecule has 2 unspecified atom stereocenters. The summed E-state index contributed by atoms with van der Waals surface area (Å²) < 4.78 is 11.1. The molecule has 24 heavy (non-hydrogen) atoms. The minimum atomic E-state index is -0.755. The van der Waals surface area contributed by atoms with E-state index < -0.39 is 24.3 Å². The Bertz CT molecular complexity index is 450. The van der Waals surface area contributed by atoms with Crippen molar-refractivity contribution >= 4 is 11.8 Å². The molecule has 8 nitrogen and oxygen atoms in total. The fraction of sp³-hybridized carbons (Fsp3) is 0.875. The predicted molar refractivity (Wildman–Crippen MR) is 88.7 cm³/mol. The van der Waals surface area contributed by atoms with E-state index in [9.17, 15) is 9.59 Å². The van der Waals surface area contributed by atoms with Crippen LogP contribution in [-0.4, -0.2) is 71.5 Å². The molecule has 2 fully saturated rings. The van der Waals surface area contributed by atoms with Gasteiger partial charge in [0, 0.05) is 24.2 Å². The molecule has 0 aromatic carbocycles. The largest absolute Gasteiger partial charge is 0.366 e. The summed E-state index contributed by atoms with van der Waals surface area (Å²) in [7, 11) is 0. The number of nitrogens with two attached hydrogens (primary N) is 2. The van der Waals surface area contributed by atoms with E-state index in [2.05, 4.69) is 27.7 Å². The molecule has 0 aromatic heterocycles. The molecule has 0 aromatic rings. The minimum Gasteiger partial charge on any atom is -0.366 e. The maximum atomic E-state index is 11.7. The first-order valence-corrected chi connectivity index (χ1v) is 8.41. The molecule has 138 valence electrons. The Labute approximate surface area is 143 Å². The van der Waals surface area contributed by atoms with Crippen molar-refractivity contribution in [3.63, 3.8) is 0 Å².